The first kappa shape index (κ1) is 24.0. The molecule has 0 bridgehead atoms. The quantitative estimate of drug-likeness (QED) is 0.442. The lowest BCUT2D eigenvalue weighted by molar-refractivity contribution is -0.152. The fraction of sp³-hybridized carbons (Fsp3) is 0.458. The van der Waals surface area contributed by atoms with Crippen LogP contribution in [0.1, 0.15) is 38.8 Å². The first-order valence-corrected chi connectivity index (χ1v) is 13.3. The first-order chi connectivity index (χ1) is 14.0. The van der Waals surface area contributed by atoms with Gasteiger partial charge in [0, 0.05) is 12.0 Å². The highest BCUT2D eigenvalue weighted by molar-refractivity contribution is 6.74. The number of hydrogen-bond acceptors (Lipinski definition) is 5. The van der Waals surface area contributed by atoms with Gasteiger partial charge in [-0.2, -0.15) is 0 Å². The SMILES string of the molecule is CCOC(=O)C(O)Cc1cc(O[Si](C)(C)C(C)(C)C)ccc1OCc1ccccc1. The predicted molar refractivity (Wildman–Crippen MR) is 121 cm³/mol. The van der Waals surface area contributed by atoms with Gasteiger partial charge in [0.05, 0.1) is 6.61 Å². The van der Waals surface area contributed by atoms with Crippen LogP contribution in [0.15, 0.2) is 48.5 Å². The van der Waals surface area contributed by atoms with Gasteiger partial charge < -0.3 is 19.0 Å². The van der Waals surface area contributed by atoms with Crippen LogP contribution in [-0.4, -0.2) is 32.1 Å². The Balaban J connectivity index is 2.27. The van der Waals surface area contributed by atoms with Gasteiger partial charge in [-0.05, 0) is 48.8 Å². The molecule has 0 aliphatic heterocycles. The van der Waals surface area contributed by atoms with E-state index in [0.717, 1.165) is 11.3 Å². The number of carbonyl (C=O) groups is 1. The Morgan fingerprint density at radius 1 is 1.10 bits per heavy atom. The predicted octanol–water partition coefficient (Wildman–Crippen LogP) is 5.12. The summed E-state index contributed by atoms with van der Waals surface area (Å²) in [6.45, 7) is 13.2. The summed E-state index contributed by atoms with van der Waals surface area (Å²) in [5.41, 5.74) is 1.75. The van der Waals surface area contributed by atoms with E-state index in [1.54, 1.807) is 6.92 Å². The Bertz CT molecular complexity index is 827. The second-order valence-electron chi connectivity index (χ2n) is 8.88. The zero-order valence-corrected chi connectivity index (χ0v) is 19.9. The van der Waals surface area contributed by atoms with Crippen LogP contribution in [0.3, 0.4) is 0 Å². The fourth-order valence-corrected chi connectivity index (χ4v) is 3.66. The summed E-state index contributed by atoms with van der Waals surface area (Å²) in [7, 11) is -2.03. The molecule has 0 fully saturated rings. The molecule has 0 spiro atoms. The molecule has 0 saturated heterocycles. The normalized spacial score (nSPS) is 12.9. The Labute approximate surface area is 181 Å². The van der Waals surface area contributed by atoms with Crippen molar-refractivity contribution < 1.29 is 23.8 Å². The third kappa shape index (κ3) is 6.60. The molecule has 1 unspecified atom stereocenters. The number of carbonyl (C=O) groups excluding carboxylic acids is 1. The minimum atomic E-state index is -2.03. The smallest absolute Gasteiger partial charge is 0.335 e. The van der Waals surface area contributed by atoms with Crippen LogP contribution in [-0.2, 0) is 22.6 Å². The van der Waals surface area contributed by atoms with Crippen LogP contribution in [0, 0.1) is 0 Å². The summed E-state index contributed by atoms with van der Waals surface area (Å²) < 4.78 is 17.4. The van der Waals surface area contributed by atoms with Gasteiger partial charge in [0.1, 0.15) is 18.1 Å². The molecule has 30 heavy (non-hydrogen) atoms. The molecule has 0 radical (unpaired) electrons. The van der Waals surface area contributed by atoms with E-state index < -0.39 is 20.4 Å². The molecule has 164 valence electrons. The molecule has 2 aromatic carbocycles. The van der Waals surface area contributed by atoms with Crippen molar-refractivity contribution in [3.05, 3.63) is 59.7 Å². The van der Waals surface area contributed by atoms with Gasteiger partial charge >= 0.3 is 5.97 Å². The summed E-state index contributed by atoms with van der Waals surface area (Å²) in [5.74, 6) is 0.701. The van der Waals surface area contributed by atoms with Gasteiger partial charge in [-0.3, -0.25) is 0 Å². The standard InChI is InChI=1S/C24H34O5Si/c1-7-27-23(26)21(25)16-19-15-20(29-30(5,6)24(2,3)4)13-14-22(19)28-17-18-11-9-8-10-12-18/h8-15,21,25H,7,16-17H2,1-6H3. The number of aliphatic hydroxyl groups excluding tert-OH is 1. The second-order valence-corrected chi connectivity index (χ2v) is 13.6. The minimum Gasteiger partial charge on any atom is -0.543 e. The van der Waals surface area contributed by atoms with Crippen LogP contribution in [0.4, 0.5) is 0 Å². The van der Waals surface area contributed by atoms with Crippen LogP contribution in [0.2, 0.25) is 18.1 Å². The van der Waals surface area contributed by atoms with E-state index in [1.807, 2.05) is 48.5 Å². The summed E-state index contributed by atoms with van der Waals surface area (Å²) in [4.78, 5) is 11.9. The lowest BCUT2D eigenvalue weighted by Gasteiger charge is -2.36. The Morgan fingerprint density at radius 3 is 2.37 bits per heavy atom. The maximum Gasteiger partial charge on any atom is 0.335 e. The van der Waals surface area contributed by atoms with Crippen molar-refractivity contribution >= 4 is 14.3 Å². The van der Waals surface area contributed by atoms with Gasteiger partial charge in [-0.15, -0.1) is 0 Å². The maximum atomic E-state index is 11.9. The van der Waals surface area contributed by atoms with Crippen LogP contribution < -0.4 is 9.16 Å². The second kappa shape index (κ2) is 10.1. The van der Waals surface area contributed by atoms with Crippen molar-refractivity contribution in [3.63, 3.8) is 0 Å². The lowest BCUT2D eigenvalue weighted by atomic mass is 10.1. The maximum absolute atomic E-state index is 11.9. The van der Waals surface area contributed by atoms with Crippen molar-refractivity contribution in [1.82, 2.24) is 0 Å². The molecule has 0 aliphatic rings. The average Bonchev–Trinajstić information content (AvgIpc) is 2.67. The molecule has 0 saturated carbocycles. The average molecular weight is 431 g/mol. The van der Waals surface area contributed by atoms with Crippen molar-refractivity contribution in [2.75, 3.05) is 6.61 Å². The first-order valence-electron chi connectivity index (χ1n) is 10.4. The number of benzene rings is 2. The monoisotopic (exact) mass is 430 g/mol. The van der Waals surface area contributed by atoms with E-state index in [9.17, 15) is 9.90 Å². The molecule has 5 nitrogen and oxygen atoms in total. The number of rotatable bonds is 9. The molecule has 0 aliphatic carbocycles. The highest BCUT2D eigenvalue weighted by atomic mass is 28.4. The van der Waals surface area contributed by atoms with Gasteiger partial charge in [0.25, 0.3) is 0 Å². The van der Waals surface area contributed by atoms with Crippen molar-refractivity contribution in [2.24, 2.45) is 0 Å². The van der Waals surface area contributed by atoms with Gasteiger partial charge in [-0.1, -0.05) is 51.1 Å². The number of esters is 1. The molecule has 1 atom stereocenters. The van der Waals surface area contributed by atoms with Crippen LogP contribution in [0.25, 0.3) is 0 Å². The third-order valence-corrected chi connectivity index (χ3v) is 9.78. The lowest BCUT2D eigenvalue weighted by Crippen LogP contribution is -2.43. The zero-order valence-electron chi connectivity index (χ0n) is 18.9. The summed E-state index contributed by atoms with van der Waals surface area (Å²) >= 11 is 0. The Kier molecular flexibility index (Phi) is 8.09. The summed E-state index contributed by atoms with van der Waals surface area (Å²) in [6.07, 6.45) is -1.16. The van der Waals surface area contributed by atoms with E-state index in [-0.39, 0.29) is 18.1 Å². The van der Waals surface area contributed by atoms with Gasteiger partial charge in [0.15, 0.2) is 6.10 Å². The molecule has 0 heterocycles. The summed E-state index contributed by atoms with van der Waals surface area (Å²) in [5, 5.41) is 10.4. The van der Waals surface area contributed by atoms with Crippen molar-refractivity contribution in [3.8, 4) is 11.5 Å². The van der Waals surface area contributed by atoms with E-state index in [0.29, 0.717) is 17.9 Å². The number of ether oxygens (including phenoxy) is 2. The summed E-state index contributed by atoms with van der Waals surface area (Å²) in [6, 6.07) is 15.4. The van der Waals surface area contributed by atoms with Crippen LogP contribution in [0.5, 0.6) is 11.5 Å². The minimum absolute atomic E-state index is 0.0556. The molecular formula is C24H34O5Si. The number of hydrogen-bond donors (Lipinski definition) is 1. The highest BCUT2D eigenvalue weighted by Crippen LogP contribution is 2.38. The van der Waals surface area contributed by atoms with Crippen LogP contribution >= 0.6 is 0 Å². The zero-order chi connectivity index (χ0) is 22.4. The molecule has 0 amide bonds. The largest absolute Gasteiger partial charge is 0.543 e. The molecule has 2 rings (SSSR count). The van der Waals surface area contributed by atoms with Gasteiger partial charge in [-0.25, -0.2) is 4.79 Å². The Hall–Kier alpha value is -2.31. The van der Waals surface area contributed by atoms with E-state index in [1.165, 1.54) is 0 Å². The molecule has 0 aromatic heterocycles. The van der Waals surface area contributed by atoms with Crippen molar-refractivity contribution in [1.29, 1.82) is 0 Å². The highest BCUT2D eigenvalue weighted by Gasteiger charge is 2.39. The Morgan fingerprint density at radius 2 is 1.77 bits per heavy atom. The fourth-order valence-electron chi connectivity index (χ4n) is 2.63. The molecular weight excluding hydrogens is 396 g/mol. The number of aliphatic hydroxyl groups is 1. The topological polar surface area (TPSA) is 65.0 Å². The van der Waals surface area contributed by atoms with Crippen molar-refractivity contribution in [2.45, 2.75) is 65.0 Å². The van der Waals surface area contributed by atoms with E-state index >= 15 is 0 Å². The molecule has 1 N–H and O–H groups in total. The molecule has 2 aromatic rings. The van der Waals surface area contributed by atoms with E-state index in [4.69, 9.17) is 13.9 Å². The third-order valence-electron chi connectivity index (χ3n) is 5.42. The van der Waals surface area contributed by atoms with E-state index in [2.05, 4.69) is 33.9 Å². The molecule has 6 heteroatoms. The van der Waals surface area contributed by atoms with Gasteiger partial charge in [0.2, 0.25) is 8.32 Å².